The van der Waals surface area contributed by atoms with Crippen LogP contribution in [0.15, 0.2) is 36.7 Å². The number of carbonyl (C=O) groups excluding carboxylic acids is 1. The van der Waals surface area contributed by atoms with Crippen LogP contribution in [0.1, 0.15) is 17.4 Å². The van der Waals surface area contributed by atoms with Crippen LogP contribution in [0.2, 0.25) is 0 Å². The fraction of sp³-hybridized carbons (Fsp3) is 0.143. The molecule has 6 heteroatoms. The highest BCUT2D eigenvalue weighted by molar-refractivity contribution is 7.20. The lowest BCUT2D eigenvalue weighted by molar-refractivity contribution is 0.0520. The summed E-state index contributed by atoms with van der Waals surface area (Å²) in [5.41, 5.74) is 1.07. The molecule has 1 aromatic carbocycles. The molecule has 102 valence electrons. The van der Waals surface area contributed by atoms with Gasteiger partial charge in [-0.05, 0) is 24.6 Å². The normalized spacial score (nSPS) is 10.9. The Morgan fingerprint density at radius 1 is 1.45 bits per heavy atom. The van der Waals surface area contributed by atoms with Crippen LogP contribution in [0.3, 0.4) is 0 Å². The fourth-order valence-electron chi connectivity index (χ4n) is 1.87. The first-order chi connectivity index (χ1) is 9.67. The number of thiazole rings is 1. The third kappa shape index (κ3) is 2.30. The molecular formula is C14H11FN2O2S. The van der Waals surface area contributed by atoms with Gasteiger partial charge in [0, 0.05) is 12.4 Å². The number of nitrogens with zero attached hydrogens (tertiary/aromatic N) is 2. The number of hydrogen-bond donors (Lipinski definition) is 0. The van der Waals surface area contributed by atoms with E-state index in [9.17, 15) is 9.18 Å². The van der Waals surface area contributed by atoms with Crippen LogP contribution in [-0.2, 0) is 4.74 Å². The monoisotopic (exact) mass is 290 g/mol. The average Bonchev–Trinajstić information content (AvgIpc) is 2.97. The van der Waals surface area contributed by atoms with E-state index < -0.39 is 5.97 Å². The standard InChI is InChI=1S/C14H11FN2O2S/c1-2-19-13(18)11-7-17-8-12(20-14(17)16-11)9-4-3-5-10(15)6-9/h3-8H,2H2,1H3. The van der Waals surface area contributed by atoms with Gasteiger partial charge in [-0.2, -0.15) is 0 Å². The Bertz CT molecular complexity index is 747. The second-order valence-electron chi connectivity index (χ2n) is 4.14. The average molecular weight is 290 g/mol. The molecule has 0 amide bonds. The van der Waals surface area contributed by atoms with E-state index in [0.717, 1.165) is 10.4 Å². The summed E-state index contributed by atoms with van der Waals surface area (Å²) in [6, 6.07) is 6.37. The number of halogens is 1. The summed E-state index contributed by atoms with van der Waals surface area (Å²) in [5.74, 6) is -0.712. The summed E-state index contributed by atoms with van der Waals surface area (Å²) in [6.45, 7) is 2.07. The molecule has 3 rings (SSSR count). The predicted molar refractivity (Wildman–Crippen MR) is 74.4 cm³/mol. The first-order valence-corrected chi connectivity index (χ1v) is 6.90. The van der Waals surface area contributed by atoms with Gasteiger partial charge in [-0.3, -0.25) is 4.40 Å². The zero-order chi connectivity index (χ0) is 14.1. The molecule has 0 aliphatic heterocycles. The third-order valence-electron chi connectivity index (χ3n) is 2.75. The summed E-state index contributed by atoms with van der Waals surface area (Å²) in [6.07, 6.45) is 3.44. The van der Waals surface area contributed by atoms with Crippen molar-refractivity contribution < 1.29 is 13.9 Å². The van der Waals surface area contributed by atoms with Crippen molar-refractivity contribution in [3.05, 3.63) is 48.2 Å². The first-order valence-electron chi connectivity index (χ1n) is 6.09. The van der Waals surface area contributed by atoms with Crippen molar-refractivity contribution in [2.75, 3.05) is 6.61 Å². The zero-order valence-corrected chi connectivity index (χ0v) is 11.5. The van der Waals surface area contributed by atoms with E-state index in [2.05, 4.69) is 4.98 Å². The van der Waals surface area contributed by atoms with E-state index in [0.29, 0.717) is 11.6 Å². The quantitative estimate of drug-likeness (QED) is 0.695. The van der Waals surface area contributed by atoms with Crippen LogP contribution >= 0.6 is 11.3 Å². The van der Waals surface area contributed by atoms with Gasteiger partial charge in [0.2, 0.25) is 0 Å². The highest BCUT2D eigenvalue weighted by Crippen LogP contribution is 2.28. The van der Waals surface area contributed by atoms with E-state index in [4.69, 9.17) is 4.74 Å². The van der Waals surface area contributed by atoms with Crippen LogP contribution in [0.25, 0.3) is 15.4 Å². The number of benzene rings is 1. The Hall–Kier alpha value is -2.21. The van der Waals surface area contributed by atoms with Gasteiger partial charge in [0.05, 0.1) is 11.5 Å². The van der Waals surface area contributed by atoms with E-state index in [1.807, 2.05) is 12.3 Å². The van der Waals surface area contributed by atoms with Crippen molar-refractivity contribution in [2.45, 2.75) is 6.92 Å². The molecule has 3 aromatic rings. The molecule has 2 heterocycles. The molecule has 0 aliphatic carbocycles. The Kier molecular flexibility index (Phi) is 3.23. The van der Waals surface area contributed by atoms with Gasteiger partial charge in [-0.25, -0.2) is 14.2 Å². The number of hydrogen-bond acceptors (Lipinski definition) is 4. The smallest absolute Gasteiger partial charge is 0.358 e. The van der Waals surface area contributed by atoms with Crippen LogP contribution in [0, 0.1) is 5.82 Å². The molecule has 0 saturated carbocycles. The second kappa shape index (κ2) is 5.05. The van der Waals surface area contributed by atoms with E-state index in [1.54, 1.807) is 23.6 Å². The lowest BCUT2D eigenvalue weighted by atomic mass is 10.2. The minimum absolute atomic E-state index is 0.277. The summed E-state index contributed by atoms with van der Waals surface area (Å²) in [4.78, 5) is 17.3. The third-order valence-corrected chi connectivity index (χ3v) is 3.80. The van der Waals surface area contributed by atoms with Crippen LogP contribution < -0.4 is 0 Å². The summed E-state index contributed by atoms with van der Waals surface area (Å²) in [5, 5.41) is 0. The first kappa shape index (κ1) is 12.8. The SMILES string of the molecule is CCOC(=O)c1cn2cc(-c3cccc(F)c3)sc2n1. The number of aromatic nitrogens is 2. The molecule has 0 N–H and O–H groups in total. The maximum atomic E-state index is 13.2. The summed E-state index contributed by atoms with van der Waals surface area (Å²) >= 11 is 1.39. The topological polar surface area (TPSA) is 43.6 Å². The van der Waals surface area contributed by atoms with Crippen molar-refractivity contribution in [3.8, 4) is 10.4 Å². The molecule has 0 atom stereocenters. The van der Waals surface area contributed by atoms with E-state index >= 15 is 0 Å². The lowest BCUT2D eigenvalue weighted by Crippen LogP contribution is -2.04. The van der Waals surface area contributed by atoms with Gasteiger partial charge in [0.25, 0.3) is 0 Å². The maximum absolute atomic E-state index is 13.2. The van der Waals surface area contributed by atoms with Crippen molar-refractivity contribution in [1.82, 2.24) is 9.38 Å². The molecular weight excluding hydrogens is 279 g/mol. The van der Waals surface area contributed by atoms with Gasteiger partial charge in [-0.15, -0.1) is 0 Å². The predicted octanol–water partition coefficient (Wildman–Crippen LogP) is 3.38. The van der Waals surface area contributed by atoms with Gasteiger partial charge >= 0.3 is 5.97 Å². The molecule has 0 spiro atoms. The number of fused-ring (bicyclic) bond motifs is 1. The lowest BCUT2D eigenvalue weighted by Gasteiger charge is -1.96. The van der Waals surface area contributed by atoms with Crippen LogP contribution in [0.5, 0.6) is 0 Å². The number of ether oxygens (including phenoxy) is 1. The Morgan fingerprint density at radius 3 is 3.00 bits per heavy atom. The molecule has 0 aliphatic rings. The Labute approximate surface area is 118 Å². The van der Waals surface area contributed by atoms with E-state index in [-0.39, 0.29) is 11.5 Å². The minimum atomic E-state index is -0.435. The number of carbonyl (C=O) groups is 1. The second-order valence-corrected chi connectivity index (χ2v) is 5.15. The van der Waals surface area contributed by atoms with E-state index in [1.165, 1.54) is 23.5 Å². The van der Waals surface area contributed by atoms with Gasteiger partial charge in [-0.1, -0.05) is 23.5 Å². The number of esters is 1. The van der Waals surface area contributed by atoms with Crippen molar-refractivity contribution in [3.63, 3.8) is 0 Å². The number of rotatable bonds is 3. The van der Waals surface area contributed by atoms with Gasteiger partial charge < -0.3 is 4.74 Å². The maximum Gasteiger partial charge on any atom is 0.358 e. The molecule has 4 nitrogen and oxygen atoms in total. The molecule has 0 bridgehead atoms. The van der Waals surface area contributed by atoms with Crippen LogP contribution in [-0.4, -0.2) is 22.0 Å². The summed E-state index contributed by atoms with van der Waals surface area (Å²) in [7, 11) is 0. The summed E-state index contributed by atoms with van der Waals surface area (Å²) < 4.78 is 19.9. The van der Waals surface area contributed by atoms with Gasteiger partial charge in [0.1, 0.15) is 5.82 Å². The number of imidazole rings is 1. The molecule has 20 heavy (non-hydrogen) atoms. The Balaban J connectivity index is 1.97. The Morgan fingerprint density at radius 2 is 2.30 bits per heavy atom. The van der Waals surface area contributed by atoms with Crippen molar-refractivity contribution >= 4 is 22.3 Å². The zero-order valence-electron chi connectivity index (χ0n) is 10.7. The van der Waals surface area contributed by atoms with Crippen molar-refractivity contribution in [1.29, 1.82) is 0 Å². The largest absolute Gasteiger partial charge is 0.461 e. The van der Waals surface area contributed by atoms with Crippen molar-refractivity contribution in [2.24, 2.45) is 0 Å². The highest BCUT2D eigenvalue weighted by Gasteiger charge is 2.14. The molecule has 0 radical (unpaired) electrons. The fourth-order valence-corrected chi connectivity index (χ4v) is 2.84. The minimum Gasteiger partial charge on any atom is -0.461 e. The van der Waals surface area contributed by atoms with Gasteiger partial charge in [0.15, 0.2) is 10.7 Å². The van der Waals surface area contributed by atoms with Crippen LogP contribution in [0.4, 0.5) is 4.39 Å². The molecule has 0 unspecified atom stereocenters. The molecule has 2 aromatic heterocycles. The highest BCUT2D eigenvalue weighted by atomic mass is 32.1. The molecule has 0 fully saturated rings. The molecule has 0 saturated heterocycles.